The lowest BCUT2D eigenvalue weighted by molar-refractivity contribution is 0.0690. The van der Waals surface area contributed by atoms with Crippen molar-refractivity contribution in [2.24, 2.45) is 0 Å². The number of nitrogens with one attached hydrogen (secondary N) is 1. The molecule has 1 aromatic carbocycles. The third-order valence-electron chi connectivity index (χ3n) is 3.87. The first-order valence-electron chi connectivity index (χ1n) is 6.57. The molecule has 0 unspecified atom stereocenters. The van der Waals surface area contributed by atoms with Crippen LogP contribution in [0.1, 0.15) is 44.7 Å². The standard InChI is InChI=1S/C15H19NO3S/c1-9-4-5-10(2)12(14(18)19)11(9)13(17)16-8-15(20-3)6-7-15/h4-5H,6-8H2,1-3H3,(H,16,17)(H,18,19). The number of carbonyl (C=O) groups is 2. The van der Waals surface area contributed by atoms with Crippen molar-refractivity contribution in [3.63, 3.8) is 0 Å². The highest BCUT2D eigenvalue weighted by molar-refractivity contribution is 8.00. The van der Waals surface area contributed by atoms with Crippen LogP contribution in [0.5, 0.6) is 0 Å². The van der Waals surface area contributed by atoms with Crippen molar-refractivity contribution in [2.75, 3.05) is 12.8 Å². The van der Waals surface area contributed by atoms with Gasteiger partial charge in [-0.25, -0.2) is 4.79 Å². The molecule has 0 aromatic heterocycles. The van der Waals surface area contributed by atoms with Gasteiger partial charge in [0, 0.05) is 11.3 Å². The fourth-order valence-electron chi connectivity index (χ4n) is 2.30. The molecular weight excluding hydrogens is 274 g/mol. The summed E-state index contributed by atoms with van der Waals surface area (Å²) in [4.78, 5) is 23.7. The summed E-state index contributed by atoms with van der Waals surface area (Å²) in [6.45, 7) is 4.08. The zero-order valence-electron chi connectivity index (χ0n) is 11.9. The summed E-state index contributed by atoms with van der Waals surface area (Å²) in [5, 5.41) is 12.2. The third kappa shape index (κ3) is 2.82. The van der Waals surface area contributed by atoms with Crippen LogP contribution in [0.25, 0.3) is 0 Å². The van der Waals surface area contributed by atoms with Crippen LogP contribution < -0.4 is 5.32 Å². The summed E-state index contributed by atoms with van der Waals surface area (Å²) in [7, 11) is 0. The minimum Gasteiger partial charge on any atom is -0.478 e. The van der Waals surface area contributed by atoms with Crippen LogP contribution in [0.15, 0.2) is 12.1 Å². The molecule has 0 aliphatic heterocycles. The lowest BCUT2D eigenvalue weighted by Gasteiger charge is -2.16. The molecule has 1 amide bonds. The van der Waals surface area contributed by atoms with E-state index >= 15 is 0 Å². The Morgan fingerprint density at radius 1 is 1.25 bits per heavy atom. The van der Waals surface area contributed by atoms with Crippen LogP contribution in [0, 0.1) is 13.8 Å². The number of thioether (sulfide) groups is 1. The molecule has 1 aliphatic rings. The van der Waals surface area contributed by atoms with Crippen LogP contribution >= 0.6 is 11.8 Å². The van der Waals surface area contributed by atoms with Gasteiger partial charge in [0.05, 0.1) is 11.1 Å². The Kier molecular flexibility index (Phi) is 4.09. The van der Waals surface area contributed by atoms with Crippen LogP contribution in [0.3, 0.4) is 0 Å². The van der Waals surface area contributed by atoms with Crippen molar-refractivity contribution in [3.05, 3.63) is 34.4 Å². The van der Waals surface area contributed by atoms with Crippen molar-refractivity contribution < 1.29 is 14.7 Å². The van der Waals surface area contributed by atoms with Crippen LogP contribution in [0.2, 0.25) is 0 Å². The molecule has 0 radical (unpaired) electrons. The van der Waals surface area contributed by atoms with E-state index in [0.29, 0.717) is 17.7 Å². The molecular formula is C15H19NO3S. The van der Waals surface area contributed by atoms with E-state index < -0.39 is 5.97 Å². The van der Waals surface area contributed by atoms with Crippen LogP contribution in [-0.4, -0.2) is 34.5 Å². The molecule has 0 atom stereocenters. The second-order valence-corrected chi connectivity index (χ2v) is 6.60. The number of hydrogen-bond donors (Lipinski definition) is 2. The fourth-order valence-corrected chi connectivity index (χ4v) is 3.03. The Morgan fingerprint density at radius 3 is 2.25 bits per heavy atom. The van der Waals surface area contributed by atoms with Gasteiger partial charge in [0.1, 0.15) is 0 Å². The maximum Gasteiger partial charge on any atom is 0.336 e. The fraction of sp³-hybridized carbons (Fsp3) is 0.467. The molecule has 4 nitrogen and oxygen atoms in total. The maximum atomic E-state index is 12.3. The average molecular weight is 293 g/mol. The van der Waals surface area contributed by atoms with E-state index in [1.807, 2.05) is 6.26 Å². The summed E-state index contributed by atoms with van der Waals surface area (Å²) in [6.07, 6.45) is 4.25. The number of carboxylic acid groups (broad SMARTS) is 1. The first-order chi connectivity index (χ1) is 9.40. The van der Waals surface area contributed by atoms with Gasteiger partial charge in [-0.15, -0.1) is 0 Å². The first-order valence-corrected chi connectivity index (χ1v) is 7.79. The molecule has 0 bridgehead atoms. The Morgan fingerprint density at radius 2 is 1.80 bits per heavy atom. The summed E-state index contributed by atoms with van der Waals surface area (Å²) >= 11 is 1.76. The van der Waals surface area contributed by atoms with Gasteiger partial charge in [0.25, 0.3) is 5.91 Å². The molecule has 0 spiro atoms. The SMILES string of the molecule is CSC1(CNC(=O)c2c(C)ccc(C)c2C(=O)O)CC1. The molecule has 20 heavy (non-hydrogen) atoms. The number of carbonyl (C=O) groups excluding carboxylic acids is 1. The molecule has 5 heteroatoms. The largest absolute Gasteiger partial charge is 0.478 e. The summed E-state index contributed by atoms with van der Waals surface area (Å²) in [5.41, 5.74) is 1.70. The van der Waals surface area contributed by atoms with Gasteiger partial charge < -0.3 is 10.4 Å². The van der Waals surface area contributed by atoms with Crippen molar-refractivity contribution in [3.8, 4) is 0 Å². The predicted molar refractivity (Wildman–Crippen MR) is 80.7 cm³/mol. The maximum absolute atomic E-state index is 12.3. The Hall–Kier alpha value is -1.49. The number of rotatable bonds is 5. The molecule has 0 saturated heterocycles. The number of aromatic carboxylic acids is 1. The lowest BCUT2D eigenvalue weighted by Crippen LogP contribution is -2.33. The van der Waals surface area contributed by atoms with Crippen molar-refractivity contribution >= 4 is 23.6 Å². The number of amides is 1. The molecule has 1 aliphatic carbocycles. The van der Waals surface area contributed by atoms with Crippen LogP contribution in [0.4, 0.5) is 0 Å². The van der Waals surface area contributed by atoms with E-state index in [4.69, 9.17) is 0 Å². The Labute approximate surface area is 123 Å². The van der Waals surface area contributed by atoms with Gasteiger partial charge in [0.2, 0.25) is 0 Å². The van der Waals surface area contributed by atoms with Gasteiger partial charge in [-0.2, -0.15) is 11.8 Å². The molecule has 1 aromatic rings. The van der Waals surface area contributed by atoms with Crippen molar-refractivity contribution in [1.82, 2.24) is 5.32 Å². The third-order valence-corrected chi connectivity index (χ3v) is 5.29. The zero-order valence-corrected chi connectivity index (χ0v) is 12.8. The molecule has 0 heterocycles. The van der Waals surface area contributed by atoms with E-state index in [9.17, 15) is 14.7 Å². The van der Waals surface area contributed by atoms with E-state index in [-0.39, 0.29) is 21.8 Å². The smallest absolute Gasteiger partial charge is 0.336 e. The topological polar surface area (TPSA) is 66.4 Å². The number of benzene rings is 1. The van der Waals surface area contributed by atoms with Gasteiger partial charge in [0.15, 0.2) is 0 Å². The number of aryl methyl sites for hydroxylation is 2. The minimum absolute atomic E-state index is 0.108. The summed E-state index contributed by atoms with van der Waals surface area (Å²) in [5.74, 6) is -1.34. The summed E-state index contributed by atoms with van der Waals surface area (Å²) in [6, 6.07) is 3.53. The molecule has 2 N–H and O–H groups in total. The second-order valence-electron chi connectivity index (χ2n) is 5.32. The van der Waals surface area contributed by atoms with Crippen molar-refractivity contribution in [1.29, 1.82) is 0 Å². The monoisotopic (exact) mass is 293 g/mol. The highest BCUT2D eigenvalue weighted by Crippen LogP contribution is 2.46. The Balaban J connectivity index is 2.25. The quantitative estimate of drug-likeness (QED) is 0.876. The zero-order chi connectivity index (χ0) is 14.9. The van der Waals surface area contributed by atoms with Gasteiger partial charge in [-0.3, -0.25) is 4.79 Å². The molecule has 1 fully saturated rings. The predicted octanol–water partition coefficient (Wildman–Crippen LogP) is 2.63. The lowest BCUT2D eigenvalue weighted by atomic mass is 9.96. The molecule has 108 valence electrons. The highest BCUT2D eigenvalue weighted by atomic mass is 32.2. The van der Waals surface area contributed by atoms with E-state index in [2.05, 4.69) is 5.32 Å². The summed E-state index contributed by atoms with van der Waals surface area (Å²) < 4.78 is 0.163. The van der Waals surface area contributed by atoms with E-state index in [1.54, 1.807) is 37.7 Å². The minimum atomic E-state index is -1.05. The molecule has 1 saturated carbocycles. The van der Waals surface area contributed by atoms with Gasteiger partial charge >= 0.3 is 5.97 Å². The van der Waals surface area contributed by atoms with Crippen LogP contribution in [-0.2, 0) is 0 Å². The van der Waals surface area contributed by atoms with E-state index in [0.717, 1.165) is 12.8 Å². The highest BCUT2D eigenvalue weighted by Gasteiger charge is 2.42. The molecule has 2 rings (SSSR count). The van der Waals surface area contributed by atoms with Crippen molar-refractivity contribution in [2.45, 2.75) is 31.4 Å². The second kappa shape index (κ2) is 5.48. The van der Waals surface area contributed by atoms with E-state index in [1.165, 1.54) is 0 Å². The number of carboxylic acids is 1. The average Bonchev–Trinajstić information content (AvgIpc) is 3.18. The first kappa shape index (κ1) is 14.9. The van der Waals surface area contributed by atoms with Gasteiger partial charge in [-0.05, 0) is 44.1 Å². The van der Waals surface area contributed by atoms with Gasteiger partial charge in [-0.1, -0.05) is 12.1 Å². The Bertz CT molecular complexity index is 564. The number of hydrogen-bond acceptors (Lipinski definition) is 3. The normalized spacial score (nSPS) is 15.8.